The Morgan fingerprint density at radius 1 is 1.00 bits per heavy atom. The Morgan fingerprint density at radius 3 is 1.67 bits per heavy atom. The first-order valence-electron chi connectivity index (χ1n) is 8.68. The number of hydrogen-bond acceptors (Lipinski definition) is 5. The van der Waals surface area contributed by atoms with Crippen molar-refractivity contribution in [2.75, 3.05) is 13.2 Å². The second-order valence-electron chi connectivity index (χ2n) is 6.24. The fraction of sp³-hybridized carbons (Fsp3) is 1.00. The molecule has 0 atom stereocenters. The fourth-order valence-corrected chi connectivity index (χ4v) is 2.92. The Morgan fingerprint density at radius 2 is 1.42 bits per heavy atom. The summed E-state index contributed by atoms with van der Waals surface area (Å²) in [5.41, 5.74) is 15.7. The van der Waals surface area contributed by atoms with Crippen molar-refractivity contribution in [2.45, 2.75) is 76.3 Å². The number of phosphoric acid groups is 1. The molecule has 24 heavy (non-hydrogen) atoms. The minimum absolute atomic E-state index is 0.162. The number of nitrogens with zero attached hydrogens (tertiary/aromatic N) is 3. The molecule has 0 aromatic carbocycles. The predicted molar refractivity (Wildman–Crippen MR) is 87.1 cm³/mol. The molecule has 9 nitrogen and oxygen atoms in total. The molecule has 0 aliphatic heterocycles. The summed E-state index contributed by atoms with van der Waals surface area (Å²) in [6, 6.07) is 1.57. The van der Waals surface area contributed by atoms with E-state index in [0.717, 1.165) is 12.1 Å². The largest absolute Gasteiger partial charge is 0.790 e. The van der Waals surface area contributed by atoms with E-state index in [1.165, 1.54) is 64.2 Å². The number of rotatable bonds is 4. The smallest absolute Gasteiger partial charge is 0.0843 e. The molecular formula is C14H32N5O4P. The van der Waals surface area contributed by atoms with Crippen LogP contribution >= 0.6 is 7.82 Å². The Bertz CT molecular complexity index is 373. The van der Waals surface area contributed by atoms with Crippen molar-refractivity contribution < 1.29 is 30.3 Å². The van der Waals surface area contributed by atoms with E-state index in [9.17, 15) is 14.4 Å². The molecule has 142 valence electrons. The summed E-state index contributed by atoms with van der Waals surface area (Å²) >= 11 is 0. The number of quaternary nitrogens is 2. The van der Waals surface area contributed by atoms with Crippen LogP contribution in [-0.4, -0.2) is 25.2 Å². The summed E-state index contributed by atoms with van der Waals surface area (Å²) in [7, 11) is -4.89. The molecule has 0 heterocycles. The average molecular weight is 365 g/mol. The Hall–Kier alpha value is -0.660. The quantitative estimate of drug-likeness (QED) is 0.239. The van der Waals surface area contributed by atoms with Gasteiger partial charge in [0.05, 0.1) is 26.5 Å². The van der Waals surface area contributed by atoms with Crippen molar-refractivity contribution >= 4 is 7.82 Å². The third kappa shape index (κ3) is 17.7. The molecular weight excluding hydrogens is 333 g/mol. The van der Waals surface area contributed by atoms with Gasteiger partial charge in [-0.3, -0.25) is 0 Å². The molecule has 0 spiro atoms. The highest BCUT2D eigenvalue weighted by molar-refractivity contribution is 7.43. The standard InChI is InChI=1S/2C6H13N.C2H6N3O4P/c2*7-6-4-2-1-3-5-6;3-5-4-1-2-9-10(6,7)8/h2*6H,1-5,7H2;1-2H2,(H2,6,7,8). The van der Waals surface area contributed by atoms with Crippen LogP contribution < -0.4 is 21.3 Å². The van der Waals surface area contributed by atoms with Crippen molar-refractivity contribution in [3.05, 3.63) is 10.4 Å². The van der Waals surface area contributed by atoms with Crippen molar-refractivity contribution in [1.82, 2.24) is 0 Å². The van der Waals surface area contributed by atoms with Gasteiger partial charge >= 0.3 is 0 Å². The molecule has 0 unspecified atom stereocenters. The maximum atomic E-state index is 9.71. The third-order valence-corrected chi connectivity index (χ3v) is 4.45. The molecule has 2 rings (SSSR count). The van der Waals surface area contributed by atoms with Crippen molar-refractivity contribution in [2.24, 2.45) is 5.11 Å². The molecule has 0 radical (unpaired) electrons. The van der Waals surface area contributed by atoms with Crippen molar-refractivity contribution in [1.29, 1.82) is 0 Å². The topological polar surface area (TPSA) is 176 Å². The van der Waals surface area contributed by atoms with Gasteiger partial charge in [0.25, 0.3) is 0 Å². The molecule has 2 fully saturated rings. The van der Waals surface area contributed by atoms with E-state index in [1.54, 1.807) is 0 Å². The molecule has 2 aliphatic rings. The summed E-state index contributed by atoms with van der Waals surface area (Å²) in [5, 5.41) is 2.93. The first kappa shape index (κ1) is 23.3. The lowest BCUT2D eigenvalue weighted by atomic mass is 9.97. The zero-order valence-electron chi connectivity index (χ0n) is 14.5. The summed E-state index contributed by atoms with van der Waals surface area (Å²) in [4.78, 5) is 21.7. The summed E-state index contributed by atoms with van der Waals surface area (Å²) in [6.07, 6.45) is 14.1. The molecule has 2 aliphatic carbocycles. The normalized spacial score (nSPS) is 19.2. The van der Waals surface area contributed by atoms with Crippen LogP contribution in [0.2, 0.25) is 0 Å². The summed E-state index contributed by atoms with van der Waals surface area (Å²) in [6.45, 7) is -0.556. The zero-order chi connectivity index (χ0) is 18.3. The van der Waals surface area contributed by atoms with Crippen LogP contribution in [0, 0.1) is 0 Å². The van der Waals surface area contributed by atoms with Gasteiger partial charge in [-0.25, -0.2) is 0 Å². The van der Waals surface area contributed by atoms with Crippen LogP contribution in [0.3, 0.4) is 0 Å². The first-order valence-corrected chi connectivity index (χ1v) is 10.1. The molecule has 10 heteroatoms. The van der Waals surface area contributed by atoms with Crippen LogP contribution in [0.5, 0.6) is 0 Å². The minimum Gasteiger partial charge on any atom is -0.790 e. The van der Waals surface area contributed by atoms with Crippen LogP contribution in [0.4, 0.5) is 0 Å². The predicted octanol–water partition coefficient (Wildman–Crippen LogP) is 0.264. The van der Waals surface area contributed by atoms with Gasteiger partial charge in [-0.1, -0.05) is 18.0 Å². The van der Waals surface area contributed by atoms with Gasteiger partial charge in [0, 0.05) is 11.5 Å². The summed E-state index contributed by atoms with van der Waals surface area (Å²) < 4.78 is 13.4. The zero-order valence-corrected chi connectivity index (χ0v) is 15.4. The minimum atomic E-state index is -4.89. The Kier molecular flexibility index (Phi) is 14.3. The molecule has 2 saturated carbocycles. The van der Waals surface area contributed by atoms with Crippen LogP contribution in [0.25, 0.3) is 10.4 Å². The second-order valence-corrected chi connectivity index (χ2v) is 7.40. The van der Waals surface area contributed by atoms with E-state index in [2.05, 4.69) is 26.0 Å². The van der Waals surface area contributed by atoms with Gasteiger partial charge in [-0.2, -0.15) is 0 Å². The van der Waals surface area contributed by atoms with Crippen molar-refractivity contribution in [3.63, 3.8) is 0 Å². The van der Waals surface area contributed by atoms with Gasteiger partial charge < -0.3 is 30.3 Å². The van der Waals surface area contributed by atoms with E-state index >= 15 is 0 Å². The molecule has 0 aromatic rings. The van der Waals surface area contributed by atoms with Gasteiger partial charge in [-0.15, -0.1) is 0 Å². The van der Waals surface area contributed by atoms with Gasteiger partial charge in [0.1, 0.15) is 0 Å². The monoisotopic (exact) mass is 365 g/mol. The number of hydrogen-bond donors (Lipinski definition) is 2. The lowest BCUT2D eigenvalue weighted by Gasteiger charge is -2.27. The van der Waals surface area contributed by atoms with E-state index in [-0.39, 0.29) is 6.54 Å². The van der Waals surface area contributed by atoms with E-state index in [4.69, 9.17) is 5.53 Å². The lowest BCUT2D eigenvalue weighted by molar-refractivity contribution is -0.425. The second kappa shape index (κ2) is 14.7. The van der Waals surface area contributed by atoms with Crippen LogP contribution in [0.1, 0.15) is 64.2 Å². The fourth-order valence-electron chi connectivity index (χ4n) is 2.61. The van der Waals surface area contributed by atoms with E-state index in [0.29, 0.717) is 0 Å². The first-order chi connectivity index (χ1) is 11.3. The summed E-state index contributed by atoms with van der Waals surface area (Å²) in [5.74, 6) is 0. The molecule has 0 bridgehead atoms. The number of azide groups is 1. The third-order valence-electron chi connectivity index (χ3n) is 3.95. The van der Waals surface area contributed by atoms with Gasteiger partial charge in [0.2, 0.25) is 0 Å². The Balaban J connectivity index is 0.000000337. The highest BCUT2D eigenvalue weighted by Gasteiger charge is 2.10. The maximum Gasteiger partial charge on any atom is 0.0843 e. The molecule has 6 N–H and O–H groups in total. The SMILES string of the molecule is [N-]=[N+]=NCCOP(=O)([O-])[O-].[NH3+]C1CCCCC1.[NH3+]C1CCCCC1. The van der Waals surface area contributed by atoms with Crippen LogP contribution in [0.15, 0.2) is 5.11 Å². The highest BCUT2D eigenvalue weighted by Crippen LogP contribution is 2.23. The Labute approximate surface area is 144 Å². The lowest BCUT2D eigenvalue weighted by Crippen LogP contribution is -2.61. The molecule has 0 saturated heterocycles. The highest BCUT2D eigenvalue weighted by atomic mass is 31.2. The van der Waals surface area contributed by atoms with E-state index < -0.39 is 14.4 Å². The van der Waals surface area contributed by atoms with Gasteiger partial charge in [0.15, 0.2) is 0 Å². The van der Waals surface area contributed by atoms with E-state index in [1.807, 2.05) is 0 Å². The van der Waals surface area contributed by atoms with Crippen molar-refractivity contribution in [3.8, 4) is 0 Å². The average Bonchev–Trinajstić information content (AvgIpc) is 2.53. The maximum absolute atomic E-state index is 9.71. The van der Waals surface area contributed by atoms with Gasteiger partial charge in [-0.05, 0) is 56.9 Å². The van der Waals surface area contributed by atoms with Crippen LogP contribution in [-0.2, 0) is 9.09 Å². The molecule has 0 amide bonds. The number of phosphoric ester groups is 1. The molecule has 0 aromatic heterocycles.